The number of hydrogen-bond acceptors (Lipinski definition) is 2. The lowest BCUT2D eigenvalue weighted by molar-refractivity contribution is 0.291. The fourth-order valence-electron chi connectivity index (χ4n) is 1.49. The van der Waals surface area contributed by atoms with E-state index in [1.807, 2.05) is 18.2 Å². The molecule has 0 spiro atoms. The lowest BCUT2D eigenvalue weighted by atomic mass is 10.00. The average molecular weight is 205 g/mol. The molecule has 1 N–H and O–H groups in total. The smallest absolute Gasteiger partial charge is 0.0448 e. The number of aliphatic imine (C=N–C) groups is 1. The molecule has 0 bridgehead atoms. The first kappa shape index (κ1) is 11.9. The third-order valence-corrected chi connectivity index (χ3v) is 2.21. The summed E-state index contributed by atoms with van der Waals surface area (Å²) in [5.74, 6) is 0.422. The van der Waals surface area contributed by atoms with Gasteiger partial charge in [0.2, 0.25) is 0 Å². The monoisotopic (exact) mass is 205 g/mol. The Morgan fingerprint density at radius 1 is 1.27 bits per heavy atom. The molecule has 0 saturated carbocycles. The van der Waals surface area contributed by atoms with Crippen LogP contribution in [0.15, 0.2) is 35.3 Å². The fraction of sp³-hybridized carbons (Fsp3) is 0.462. The summed E-state index contributed by atoms with van der Waals surface area (Å²) in [5, 5.41) is 8.72. The summed E-state index contributed by atoms with van der Waals surface area (Å²) in [4.78, 5) is 4.54. The Bertz CT molecular complexity index is 304. The Hall–Kier alpha value is -1.15. The van der Waals surface area contributed by atoms with Crippen LogP contribution in [0.1, 0.15) is 25.8 Å². The summed E-state index contributed by atoms with van der Waals surface area (Å²) in [7, 11) is 0. The van der Waals surface area contributed by atoms with Gasteiger partial charge in [-0.25, -0.2) is 0 Å². The first-order chi connectivity index (χ1) is 7.25. The molecule has 0 amide bonds. The maximum Gasteiger partial charge on any atom is 0.0448 e. The SMILES string of the molecule is CC(C)C(=NCCCO)c1ccccc1. The molecule has 0 unspecified atom stereocenters. The zero-order valence-corrected chi connectivity index (χ0v) is 9.48. The maximum absolute atomic E-state index is 8.72. The molecule has 1 aromatic rings. The minimum Gasteiger partial charge on any atom is -0.396 e. The minimum atomic E-state index is 0.212. The highest BCUT2D eigenvalue weighted by molar-refractivity contribution is 6.01. The van der Waals surface area contributed by atoms with Gasteiger partial charge in [-0.1, -0.05) is 44.2 Å². The van der Waals surface area contributed by atoms with E-state index in [1.54, 1.807) is 0 Å². The van der Waals surface area contributed by atoms with Crippen LogP contribution in [0.5, 0.6) is 0 Å². The van der Waals surface area contributed by atoms with Gasteiger partial charge in [0.25, 0.3) is 0 Å². The van der Waals surface area contributed by atoms with Crippen molar-refractivity contribution >= 4 is 5.71 Å². The van der Waals surface area contributed by atoms with Crippen LogP contribution in [0.2, 0.25) is 0 Å². The van der Waals surface area contributed by atoms with Crippen LogP contribution in [0.4, 0.5) is 0 Å². The van der Waals surface area contributed by atoms with Crippen LogP contribution >= 0.6 is 0 Å². The molecular formula is C13H19NO. The second-order valence-electron chi connectivity index (χ2n) is 3.86. The summed E-state index contributed by atoms with van der Waals surface area (Å²) < 4.78 is 0. The van der Waals surface area contributed by atoms with Crippen molar-refractivity contribution in [3.05, 3.63) is 35.9 Å². The van der Waals surface area contributed by atoms with E-state index in [2.05, 4.69) is 31.0 Å². The topological polar surface area (TPSA) is 32.6 Å². The third-order valence-electron chi connectivity index (χ3n) is 2.21. The zero-order chi connectivity index (χ0) is 11.1. The van der Waals surface area contributed by atoms with Crippen molar-refractivity contribution < 1.29 is 5.11 Å². The predicted molar refractivity (Wildman–Crippen MR) is 64.4 cm³/mol. The van der Waals surface area contributed by atoms with Crippen LogP contribution in [-0.2, 0) is 0 Å². The molecule has 0 atom stereocenters. The Balaban J connectivity index is 2.79. The molecule has 2 nitrogen and oxygen atoms in total. The normalized spacial score (nSPS) is 12.1. The summed E-state index contributed by atoms with van der Waals surface area (Å²) >= 11 is 0. The van der Waals surface area contributed by atoms with E-state index in [9.17, 15) is 0 Å². The Kier molecular flexibility index (Phi) is 5.05. The Labute approximate surface area is 91.7 Å². The van der Waals surface area contributed by atoms with Gasteiger partial charge in [0.15, 0.2) is 0 Å². The number of benzene rings is 1. The van der Waals surface area contributed by atoms with E-state index in [-0.39, 0.29) is 6.61 Å². The highest BCUT2D eigenvalue weighted by Gasteiger charge is 2.06. The van der Waals surface area contributed by atoms with Crippen LogP contribution in [0.3, 0.4) is 0 Å². The number of rotatable bonds is 5. The largest absolute Gasteiger partial charge is 0.396 e. The van der Waals surface area contributed by atoms with E-state index in [0.29, 0.717) is 12.5 Å². The molecule has 15 heavy (non-hydrogen) atoms. The maximum atomic E-state index is 8.72. The van der Waals surface area contributed by atoms with Crippen molar-refractivity contribution in [2.75, 3.05) is 13.2 Å². The van der Waals surface area contributed by atoms with Crippen LogP contribution in [-0.4, -0.2) is 24.0 Å². The first-order valence-electron chi connectivity index (χ1n) is 5.46. The van der Waals surface area contributed by atoms with E-state index in [4.69, 9.17) is 5.11 Å². The number of hydrogen-bond donors (Lipinski definition) is 1. The van der Waals surface area contributed by atoms with Crippen molar-refractivity contribution in [3.63, 3.8) is 0 Å². The molecule has 0 aliphatic rings. The van der Waals surface area contributed by atoms with Crippen molar-refractivity contribution in [2.45, 2.75) is 20.3 Å². The fourth-order valence-corrected chi connectivity index (χ4v) is 1.49. The van der Waals surface area contributed by atoms with Gasteiger partial charge in [0.05, 0.1) is 0 Å². The lowest BCUT2D eigenvalue weighted by Crippen LogP contribution is -2.10. The van der Waals surface area contributed by atoms with E-state index in [1.165, 1.54) is 5.56 Å². The molecule has 0 aliphatic carbocycles. The Morgan fingerprint density at radius 3 is 2.47 bits per heavy atom. The predicted octanol–water partition coefficient (Wildman–Crippen LogP) is 2.51. The molecule has 0 heterocycles. The molecule has 2 heteroatoms. The van der Waals surface area contributed by atoms with Crippen LogP contribution < -0.4 is 0 Å². The van der Waals surface area contributed by atoms with Gasteiger partial charge in [-0.05, 0) is 17.9 Å². The van der Waals surface area contributed by atoms with Crippen molar-refractivity contribution in [1.82, 2.24) is 0 Å². The standard InChI is InChI=1S/C13H19NO/c1-11(2)13(14-9-6-10-15)12-7-4-3-5-8-12/h3-5,7-8,11,15H,6,9-10H2,1-2H3. The summed E-state index contributed by atoms with van der Waals surface area (Å²) in [6, 6.07) is 10.2. The van der Waals surface area contributed by atoms with Crippen molar-refractivity contribution in [3.8, 4) is 0 Å². The molecule has 0 aliphatic heterocycles. The van der Waals surface area contributed by atoms with Gasteiger partial charge in [0.1, 0.15) is 0 Å². The molecule has 1 rings (SSSR count). The van der Waals surface area contributed by atoms with Gasteiger partial charge in [-0.2, -0.15) is 0 Å². The van der Waals surface area contributed by atoms with Crippen LogP contribution in [0, 0.1) is 5.92 Å². The van der Waals surface area contributed by atoms with Gasteiger partial charge < -0.3 is 5.11 Å². The molecular weight excluding hydrogens is 186 g/mol. The molecule has 0 aromatic heterocycles. The van der Waals surface area contributed by atoms with Crippen LogP contribution in [0.25, 0.3) is 0 Å². The number of aliphatic hydroxyl groups excluding tert-OH is 1. The summed E-state index contributed by atoms with van der Waals surface area (Å²) in [5.41, 5.74) is 2.31. The second-order valence-corrected chi connectivity index (χ2v) is 3.86. The summed E-state index contributed by atoms with van der Waals surface area (Å²) in [6.45, 7) is 5.21. The average Bonchev–Trinajstić information content (AvgIpc) is 2.25. The van der Waals surface area contributed by atoms with Gasteiger partial charge in [-0.15, -0.1) is 0 Å². The van der Waals surface area contributed by atoms with Gasteiger partial charge in [-0.3, -0.25) is 4.99 Å². The van der Waals surface area contributed by atoms with E-state index < -0.39 is 0 Å². The molecule has 1 aromatic carbocycles. The Morgan fingerprint density at radius 2 is 1.93 bits per heavy atom. The van der Waals surface area contributed by atoms with E-state index in [0.717, 1.165) is 12.1 Å². The second kappa shape index (κ2) is 6.36. The lowest BCUT2D eigenvalue weighted by Gasteiger charge is -2.10. The highest BCUT2D eigenvalue weighted by atomic mass is 16.3. The molecule has 0 saturated heterocycles. The quantitative estimate of drug-likeness (QED) is 0.581. The first-order valence-corrected chi connectivity index (χ1v) is 5.46. The van der Waals surface area contributed by atoms with Gasteiger partial charge in [0, 0.05) is 18.9 Å². The summed E-state index contributed by atoms with van der Waals surface area (Å²) in [6.07, 6.45) is 0.739. The molecule has 0 fully saturated rings. The number of aliphatic hydroxyl groups is 1. The zero-order valence-electron chi connectivity index (χ0n) is 9.48. The molecule has 82 valence electrons. The molecule has 0 radical (unpaired) electrons. The minimum absolute atomic E-state index is 0.212. The third kappa shape index (κ3) is 3.84. The highest BCUT2D eigenvalue weighted by Crippen LogP contribution is 2.09. The van der Waals surface area contributed by atoms with Crippen molar-refractivity contribution in [1.29, 1.82) is 0 Å². The van der Waals surface area contributed by atoms with Crippen molar-refractivity contribution in [2.24, 2.45) is 10.9 Å². The van der Waals surface area contributed by atoms with Gasteiger partial charge >= 0.3 is 0 Å². The number of nitrogens with zero attached hydrogens (tertiary/aromatic N) is 1. The van der Waals surface area contributed by atoms with E-state index >= 15 is 0 Å².